The Morgan fingerprint density at radius 2 is 2.04 bits per heavy atom. The predicted molar refractivity (Wildman–Crippen MR) is 107 cm³/mol. The summed E-state index contributed by atoms with van der Waals surface area (Å²) in [5, 5.41) is 3.26. The Hall–Kier alpha value is -3.05. The molecule has 0 bridgehead atoms. The van der Waals surface area contributed by atoms with Gasteiger partial charge in [-0.2, -0.15) is 0 Å². The van der Waals surface area contributed by atoms with Gasteiger partial charge in [-0.15, -0.1) is 0 Å². The highest BCUT2D eigenvalue weighted by Crippen LogP contribution is 2.33. The number of para-hydroxylation sites is 1. The minimum absolute atomic E-state index is 0.239. The Morgan fingerprint density at radius 3 is 2.78 bits per heavy atom. The van der Waals surface area contributed by atoms with Crippen LogP contribution in [-0.2, 0) is 6.42 Å². The summed E-state index contributed by atoms with van der Waals surface area (Å²) in [7, 11) is 1.55. The van der Waals surface area contributed by atoms with Crippen LogP contribution in [0.25, 0.3) is 0 Å². The van der Waals surface area contributed by atoms with Gasteiger partial charge in [0.1, 0.15) is 11.6 Å². The number of rotatable bonds is 4. The highest BCUT2D eigenvalue weighted by atomic mass is 35.5. The van der Waals surface area contributed by atoms with Crippen molar-refractivity contribution in [3.63, 3.8) is 0 Å². The molecule has 0 saturated carbocycles. The number of amides is 1. The summed E-state index contributed by atoms with van der Waals surface area (Å²) < 4.78 is 5.12. The maximum atomic E-state index is 12.5. The van der Waals surface area contributed by atoms with Crippen LogP contribution in [0.5, 0.6) is 5.75 Å². The van der Waals surface area contributed by atoms with Crippen LogP contribution >= 0.6 is 11.6 Å². The lowest BCUT2D eigenvalue weighted by atomic mass is 10.2. The first-order valence-corrected chi connectivity index (χ1v) is 9.00. The van der Waals surface area contributed by atoms with E-state index in [1.54, 1.807) is 37.6 Å². The van der Waals surface area contributed by atoms with Gasteiger partial charge in [0.25, 0.3) is 5.91 Å². The summed E-state index contributed by atoms with van der Waals surface area (Å²) in [6.45, 7) is 0.891. The molecule has 0 spiro atoms. The second-order valence-electron chi connectivity index (χ2n) is 6.24. The average Bonchev–Trinajstić information content (AvgIpc) is 3.12. The topological polar surface area (TPSA) is 54.5 Å². The highest BCUT2D eigenvalue weighted by Gasteiger charge is 2.20. The van der Waals surface area contributed by atoms with E-state index in [0.29, 0.717) is 22.0 Å². The third kappa shape index (κ3) is 3.46. The van der Waals surface area contributed by atoms with Gasteiger partial charge in [-0.25, -0.2) is 4.98 Å². The second kappa shape index (κ2) is 7.29. The SMILES string of the molecule is COc1ccc(NC(=O)c2ccc(N3CCc4ccccc43)nc2)cc1Cl. The monoisotopic (exact) mass is 379 g/mol. The maximum Gasteiger partial charge on any atom is 0.257 e. The Kier molecular flexibility index (Phi) is 4.69. The quantitative estimate of drug-likeness (QED) is 0.714. The van der Waals surface area contributed by atoms with Gasteiger partial charge in [0, 0.05) is 24.1 Å². The third-order valence-corrected chi connectivity index (χ3v) is 4.88. The first kappa shape index (κ1) is 17.4. The molecule has 3 aromatic rings. The van der Waals surface area contributed by atoms with Crippen molar-refractivity contribution in [1.29, 1.82) is 0 Å². The van der Waals surface area contributed by atoms with Crippen LogP contribution in [0.15, 0.2) is 60.8 Å². The number of nitrogens with zero attached hydrogens (tertiary/aromatic N) is 2. The molecule has 1 aliphatic rings. The molecule has 4 rings (SSSR count). The molecule has 0 unspecified atom stereocenters. The molecule has 1 aliphatic heterocycles. The molecule has 27 heavy (non-hydrogen) atoms. The van der Waals surface area contributed by atoms with Crippen LogP contribution in [0.4, 0.5) is 17.2 Å². The number of methoxy groups -OCH3 is 1. The van der Waals surface area contributed by atoms with Crippen molar-refractivity contribution in [3.05, 3.63) is 76.9 Å². The Balaban J connectivity index is 1.49. The molecule has 2 heterocycles. The van der Waals surface area contributed by atoms with E-state index in [9.17, 15) is 4.79 Å². The van der Waals surface area contributed by atoms with E-state index in [1.165, 1.54) is 11.3 Å². The van der Waals surface area contributed by atoms with E-state index in [1.807, 2.05) is 12.1 Å². The van der Waals surface area contributed by atoms with Crippen LogP contribution < -0.4 is 15.0 Å². The Bertz CT molecular complexity index is 989. The minimum Gasteiger partial charge on any atom is -0.495 e. The van der Waals surface area contributed by atoms with Crippen molar-refractivity contribution < 1.29 is 9.53 Å². The molecule has 2 aromatic carbocycles. The van der Waals surface area contributed by atoms with Gasteiger partial charge >= 0.3 is 0 Å². The number of carbonyl (C=O) groups is 1. The fraction of sp³-hybridized carbons (Fsp3) is 0.143. The van der Waals surface area contributed by atoms with Crippen molar-refractivity contribution in [2.75, 3.05) is 23.9 Å². The number of hydrogen-bond acceptors (Lipinski definition) is 4. The van der Waals surface area contributed by atoms with Gasteiger partial charge in [-0.3, -0.25) is 4.79 Å². The van der Waals surface area contributed by atoms with Crippen LogP contribution in [0, 0.1) is 0 Å². The number of fused-ring (bicyclic) bond motifs is 1. The lowest BCUT2D eigenvalue weighted by Gasteiger charge is -2.18. The molecular formula is C21H18ClN3O2. The maximum absolute atomic E-state index is 12.5. The van der Waals surface area contributed by atoms with E-state index >= 15 is 0 Å². The van der Waals surface area contributed by atoms with Crippen molar-refractivity contribution in [3.8, 4) is 5.75 Å². The fourth-order valence-corrected chi connectivity index (χ4v) is 3.46. The van der Waals surface area contributed by atoms with E-state index < -0.39 is 0 Å². The van der Waals surface area contributed by atoms with Gasteiger partial charge in [-0.1, -0.05) is 29.8 Å². The van der Waals surface area contributed by atoms with Gasteiger partial charge in [0.15, 0.2) is 0 Å². The number of aromatic nitrogens is 1. The fourth-order valence-electron chi connectivity index (χ4n) is 3.20. The summed E-state index contributed by atoms with van der Waals surface area (Å²) in [6.07, 6.45) is 2.59. The zero-order valence-electron chi connectivity index (χ0n) is 14.8. The highest BCUT2D eigenvalue weighted by molar-refractivity contribution is 6.32. The number of anilines is 3. The molecule has 1 aromatic heterocycles. The number of nitrogens with one attached hydrogen (secondary N) is 1. The van der Waals surface area contributed by atoms with Gasteiger partial charge in [-0.05, 0) is 48.4 Å². The van der Waals surface area contributed by atoms with Gasteiger partial charge < -0.3 is 15.0 Å². The van der Waals surface area contributed by atoms with Crippen LogP contribution in [0.1, 0.15) is 15.9 Å². The lowest BCUT2D eigenvalue weighted by molar-refractivity contribution is 0.102. The molecule has 136 valence electrons. The van der Waals surface area contributed by atoms with Crippen LogP contribution in [-0.4, -0.2) is 24.5 Å². The van der Waals surface area contributed by atoms with E-state index in [2.05, 4.69) is 33.4 Å². The zero-order chi connectivity index (χ0) is 18.8. The zero-order valence-corrected chi connectivity index (χ0v) is 15.5. The molecule has 6 heteroatoms. The third-order valence-electron chi connectivity index (χ3n) is 4.58. The van der Waals surface area contributed by atoms with Crippen LogP contribution in [0.2, 0.25) is 5.02 Å². The summed E-state index contributed by atoms with van der Waals surface area (Å²) in [6, 6.07) is 17.1. The molecule has 1 N–H and O–H groups in total. The number of hydrogen-bond donors (Lipinski definition) is 1. The first-order chi connectivity index (χ1) is 13.2. The van der Waals surface area contributed by atoms with E-state index in [4.69, 9.17) is 16.3 Å². The summed E-state index contributed by atoms with van der Waals surface area (Å²) in [5.74, 6) is 1.16. The van der Waals surface area contributed by atoms with Gasteiger partial charge in [0.2, 0.25) is 0 Å². The molecule has 0 saturated heterocycles. The Morgan fingerprint density at radius 1 is 1.19 bits per heavy atom. The van der Waals surface area contributed by atoms with Crippen molar-refractivity contribution in [1.82, 2.24) is 4.98 Å². The normalized spacial score (nSPS) is 12.6. The molecule has 0 radical (unpaired) electrons. The standard InChI is InChI=1S/C21H18ClN3O2/c1-27-19-8-7-16(12-17(19)22)24-21(26)15-6-9-20(23-13-15)25-11-10-14-4-2-3-5-18(14)25/h2-9,12-13H,10-11H2,1H3,(H,24,26). The van der Waals surface area contributed by atoms with Crippen molar-refractivity contribution in [2.45, 2.75) is 6.42 Å². The first-order valence-electron chi connectivity index (χ1n) is 8.62. The van der Waals surface area contributed by atoms with Crippen molar-refractivity contribution >= 4 is 34.7 Å². The Labute approximate surface area is 162 Å². The van der Waals surface area contributed by atoms with Crippen LogP contribution in [0.3, 0.4) is 0 Å². The van der Waals surface area contributed by atoms with E-state index in [0.717, 1.165) is 18.8 Å². The number of pyridine rings is 1. The number of carbonyl (C=O) groups excluding carboxylic acids is 1. The molecule has 0 aliphatic carbocycles. The average molecular weight is 380 g/mol. The molecular weight excluding hydrogens is 362 g/mol. The second-order valence-corrected chi connectivity index (χ2v) is 6.65. The molecule has 0 atom stereocenters. The number of halogens is 1. The molecule has 0 fully saturated rings. The summed E-state index contributed by atoms with van der Waals surface area (Å²) >= 11 is 6.10. The summed E-state index contributed by atoms with van der Waals surface area (Å²) in [5.41, 5.74) is 3.58. The summed E-state index contributed by atoms with van der Waals surface area (Å²) in [4.78, 5) is 19.1. The molecule has 5 nitrogen and oxygen atoms in total. The van der Waals surface area contributed by atoms with Gasteiger partial charge in [0.05, 0.1) is 17.7 Å². The largest absolute Gasteiger partial charge is 0.495 e. The van der Waals surface area contributed by atoms with Crippen molar-refractivity contribution in [2.24, 2.45) is 0 Å². The van der Waals surface area contributed by atoms with E-state index in [-0.39, 0.29) is 5.91 Å². The number of ether oxygens (including phenoxy) is 1. The smallest absolute Gasteiger partial charge is 0.257 e. The molecule has 1 amide bonds. The lowest BCUT2D eigenvalue weighted by Crippen LogP contribution is -2.16. The predicted octanol–water partition coefficient (Wildman–Crippen LogP) is 4.69. The minimum atomic E-state index is -0.239. The number of benzene rings is 2.